The molecule has 2 fully saturated rings. The molecular weight excluding hydrogens is 511 g/mol. The molecule has 1 aliphatic heterocycles. The van der Waals surface area contributed by atoms with Gasteiger partial charge < -0.3 is 19.9 Å². The molecule has 40 heavy (non-hydrogen) atoms. The molecule has 0 spiro atoms. The number of benzene rings is 1. The summed E-state index contributed by atoms with van der Waals surface area (Å²) in [6, 6.07) is 3.01. The first kappa shape index (κ1) is 30.0. The molecule has 1 aromatic carbocycles. The van der Waals surface area contributed by atoms with Crippen LogP contribution in [0.1, 0.15) is 100 Å². The molecule has 8 nitrogen and oxygen atoms in total. The Kier molecular flexibility index (Phi) is 11.0. The standard InChI is InChI=1S/C31H45FN4O4/c1-2-3-4-5-6-7-8-9-10-11-14-33-29(37)22-34-15-17-35(18-16-34)28-20-27-24(19-26(28)32)30(38)25(31(39)40)21-36(27)23-12-13-23/h19-21,23H,2-18,22H2,1H3,(H,33,37)(H,39,40). The van der Waals surface area contributed by atoms with Crippen LogP contribution in [0.25, 0.3) is 10.9 Å². The first-order chi connectivity index (χ1) is 19.4. The van der Waals surface area contributed by atoms with Crippen molar-refractivity contribution in [2.45, 2.75) is 90.0 Å². The maximum atomic E-state index is 15.2. The van der Waals surface area contributed by atoms with E-state index in [0.29, 0.717) is 50.5 Å². The van der Waals surface area contributed by atoms with Gasteiger partial charge in [0.25, 0.3) is 0 Å². The van der Waals surface area contributed by atoms with Crippen molar-refractivity contribution in [3.05, 3.63) is 39.9 Å². The zero-order chi connectivity index (χ0) is 28.5. The molecule has 0 bridgehead atoms. The Bertz CT molecular complexity index is 1220. The number of pyridine rings is 1. The number of fused-ring (bicyclic) bond motifs is 1. The highest BCUT2D eigenvalue weighted by atomic mass is 19.1. The van der Waals surface area contributed by atoms with Gasteiger partial charge in [0.1, 0.15) is 11.4 Å². The fourth-order valence-corrected chi connectivity index (χ4v) is 5.65. The summed E-state index contributed by atoms with van der Waals surface area (Å²) < 4.78 is 17.0. The second kappa shape index (κ2) is 14.6. The summed E-state index contributed by atoms with van der Waals surface area (Å²) in [4.78, 5) is 40.8. The van der Waals surface area contributed by atoms with Gasteiger partial charge in [-0.1, -0.05) is 64.7 Å². The van der Waals surface area contributed by atoms with Gasteiger partial charge in [0.05, 0.1) is 17.7 Å². The highest BCUT2D eigenvalue weighted by Gasteiger charge is 2.28. The van der Waals surface area contributed by atoms with E-state index >= 15 is 4.39 Å². The third-order valence-corrected chi connectivity index (χ3v) is 8.20. The lowest BCUT2D eigenvalue weighted by Gasteiger charge is -2.36. The van der Waals surface area contributed by atoms with Gasteiger partial charge in [-0.3, -0.25) is 14.5 Å². The molecule has 1 saturated carbocycles. The number of anilines is 1. The number of aromatic nitrogens is 1. The van der Waals surface area contributed by atoms with Crippen LogP contribution in [0.4, 0.5) is 10.1 Å². The van der Waals surface area contributed by atoms with Crippen LogP contribution in [0.5, 0.6) is 0 Å². The fourth-order valence-electron chi connectivity index (χ4n) is 5.65. The number of halogens is 1. The molecule has 1 aliphatic carbocycles. The minimum absolute atomic E-state index is 0.0314. The van der Waals surface area contributed by atoms with Crippen molar-refractivity contribution < 1.29 is 19.1 Å². The number of aromatic carboxylic acids is 1. The number of hydrogen-bond donors (Lipinski definition) is 2. The monoisotopic (exact) mass is 556 g/mol. The maximum absolute atomic E-state index is 15.2. The number of piperazine rings is 1. The quantitative estimate of drug-likeness (QED) is 0.271. The van der Waals surface area contributed by atoms with Gasteiger partial charge in [-0.2, -0.15) is 0 Å². The van der Waals surface area contributed by atoms with E-state index in [1.807, 2.05) is 9.47 Å². The predicted octanol–water partition coefficient (Wildman–Crippen LogP) is 5.33. The predicted molar refractivity (Wildman–Crippen MR) is 157 cm³/mol. The third-order valence-electron chi connectivity index (χ3n) is 8.20. The second-order valence-electron chi connectivity index (χ2n) is 11.4. The first-order valence-corrected chi connectivity index (χ1v) is 15.2. The Morgan fingerprint density at radius 1 is 0.950 bits per heavy atom. The number of carboxylic acid groups (broad SMARTS) is 1. The van der Waals surface area contributed by atoms with Gasteiger partial charge in [0, 0.05) is 50.3 Å². The largest absolute Gasteiger partial charge is 0.477 e. The summed E-state index contributed by atoms with van der Waals surface area (Å²) in [6.45, 7) is 5.69. The van der Waals surface area contributed by atoms with E-state index in [1.54, 1.807) is 6.07 Å². The molecule has 2 aliphatic rings. The van der Waals surface area contributed by atoms with Crippen molar-refractivity contribution >= 4 is 28.5 Å². The lowest BCUT2D eigenvalue weighted by molar-refractivity contribution is -0.122. The number of nitrogens with zero attached hydrogens (tertiary/aromatic N) is 3. The molecule has 1 saturated heterocycles. The smallest absolute Gasteiger partial charge is 0.341 e. The third kappa shape index (κ3) is 8.05. The normalized spacial score (nSPS) is 16.0. The maximum Gasteiger partial charge on any atom is 0.341 e. The Balaban J connectivity index is 1.21. The fraction of sp³-hybridized carbons (Fsp3) is 0.645. The summed E-state index contributed by atoms with van der Waals surface area (Å²) in [5.74, 6) is -1.80. The lowest BCUT2D eigenvalue weighted by atomic mass is 10.1. The van der Waals surface area contributed by atoms with Gasteiger partial charge in [-0.25, -0.2) is 9.18 Å². The molecule has 2 heterocycles. The molecule has 4 rings (SSSR count). The van der Waals surface area contributed by atoms with Crippen LogP contribution >= 0.6 is 0 Å². The van der Waals surface area contributed by atoms with Crippen molar-refractivity contribution in [2.24, 2.45) is 0 Å². The van der Waals surface area contributed by atoms with E-state index < -0.39 is 17.2 Å². The van der Waals surface area contributed by atoms with Crippen molar-refractivity contribution in [1.29, 1.82) is 0 Å². The summed E-state index contributed by atoms with van der Waals surface area (Å²) >= 11 is 0. The minimum atomic E-state index is -1.30. The number of nitrogens with one attached hydrogen (secondary N) is 1. The van der Waals surface area contributed by atoms with E-state index in [-0.39, 0.29) is 22.9 Å². The van der Waals surface area contributed by atoms with Crippen molar-refractivity contribution in [2.75, 3.05) is 44.2 Å². The van der Waals surface area contributed by atoms with Crippen molar-refractivity contribution in [3.8, 4) is 0 Å². The molecule has 220 valence electrons. The van der Waals surface area contributed by atoms with Gasteiger partial charge in [-0.05, 0) is 31.4 Å². The number of amides is 1. The summed E-state index contributed by atoms with van der Waals surface area (Å²) in [5, 5.41) is 12.6. The topological polar surface area (TPSA) is 94.9 Å². The van der Waals surface area contributed by atoms with E-state index in [1.165, 1.54) is 63.6 Å². The van der Waals surface area contributed by atoms with Crippen LogP contribution in [0.3, 0.4) is 0 Å². The van der Waals surface area contributed by atoms with Gasteiger partial charge >= 0.3 is 5.97 Å². The molecular formula is C31H45FN4O4. The van der Waals surface area contributed by atoms with E-state index in [2.05, 4.69) is 17.1 Å². The molecule has 0 unspecified atom stereocenters. The van der Waals surface area contributed by atoms with Crippen LogP contribution in [0.2, 0.25) is 0 Å². The number of rotatable bonds is 16. The average Bonchev–Trinajstić information content (AvgIpc) is 3.78. The molecule has 2 N–H and O–H groups in total. The van der Waals surface area contributed by atoms with Crippen LogP contribution in [0, 0.1) is 5.82 Å². The second-order valence-corrected chi connectivity index (χ2v) is 11.4. The lowest BCUT2D eigenvalue weighted by Crippen LogP contribution is -2.49. The van der Waals surface area contributed by atoms with Crippen LogP contribution in [-0.4, -0.2) is 65.7 Å². The Labute approximate surface area is 236 Å². The summed E-state index contributed by atoms with van der Waals surface area (Å²) in [7, 11) is 0. The molecule has 1 aromatic heterocycles. The van der Waals surface area contributed by atoms with Crippen molar-refractivity contribution in [3.63, 3.8) is 0 Å². The van der Waals surface area contributed by atoms with Crippen LogP contribution in [0.15, 0.2) is 23.1 Å². The van der Waals surface area contributed by atoms with Gasteiger partial charge in [0.2, 0.25) is 11.3 Å². The number of carbonyl (C=O) groups excluding carboxylic acids is 1. The zero-order valence-corrected chi connectivity index (χ0v) is 23.9. The Morgan fingerprint density at radius 2 is 1.57 bits per heavy atom. The summed E-state index contributed by atoms with van der Waals surface area (Å²) in [5.41, 5.74) is 0.00205. The zero-order valence-electron chi connectivity index (χ0n) is 23.9. The van der Waals surface area contributed by atoms with E-state index in [4.69, 9.17) is 0 Å². The molecule has 2 aromatic rings. The van der Waals surface area contributed by atoms with Gasteiger partial charge in [-0.15, -0.1) is 0 Å². The van der Waals surface area contributed by atoms with Crippen LogP contribution in [-0.2, 0) is 4.79 Å². The molecule has 9 heteroatoms. The van der Waals surface area contributed by atoms with Gasteiger partial charge in [0.15, 0.2) is 0 Å². The number of carbonyl (C=O) groups is 2. The Hall–Kier alpha value is -2.94. The number of hydrogen-bond acceptors (Lipinski definition) is 5. The Morgan fingerprint density at radius 3 is 2.17 bits per heavy atom. The van der Waals surface area contributed by atoms with E-state index in [9.17, 15) is 19.5 Å². The first-order valence-electron chi connectivity index (χ1n) is 15.2. The molecule has 0 atom stereocenters. The number of unbranched alkanes of at least 4 members (excludes halogenated alkanes) is 9. The van der Waals surface area contributed by atoms with Crippen LogP contribution < -0.4 is 15.6 Å². The molecule has 0 radical (unpaired) electrons. The molecule has 1 amide bonds. The highest BCUT2D eigenvalue weighted by molar-refractivity contribution is 5.93. The highest BCUT2D eigenvalue weighted by Crippen LogP contribution is 2.38. The van der Waals surface area contributed by atoms with Crippen molar-refractivity contribution in [1.82, 2.24) is 14.8 Å². The number of carboxylic acids is 1. The van der Waals surface area contributed by atoms with E-state index in [0.717, 1.165) is 25.7 Å². The average molecular weight is 557 g/mol. The minimum Gasteiger partial charge on any atom is -0.477 e. The summed E-state index contributed by atoms with van der Waals surface area (Å²) in [6.07, 6.45) is 15.9. The SMILES string of the molecule is CCCCCCCCCCCCNC(=O)CN1CCN(c2cc3c(cc2F)c(=O)c(C(=O)O)cn3C2CC2)CC1.